The smallest absolute Gasteiger partial charge is 1.00 e. The first-order valence-electron chi connectivity index (χ1n) is 2.24. The van der Waals surface area contributed by atoms with Crippen molar-refractivity contribution in [2.45, 2.75) is 0 Å². The van der Waals surface area contributed by atoms with E-state index in [0.29, 0.717) is 0 Å². The second kappa shape index (κ2) is 8.12. The Morgan fingerprint density at radius 3 is 1.00 bits per heavy atom. The summed E-state index contributed by atoms with van der Waals surface area (Å²) in [7, 11) is 1.39. The van der Waals surface area contributed by atoms with Crippen LogP contribution in [0.4, 0.5) is 0 Å². The Hall–Kier alpha value is 1.02. The predicted octanol–water partition coefficient (Wildman–Crippen LogP) is -5.31. The summed E-state index contributed by atoms with van der Waals surface area (Å²) in [4.78, 5) is 31.3. The Labute approximate surface area is 85.2 Å². The van der Waals surface area contributed by atoms with E-state index in [2.05, 4.69) is 0 Å². The van der Waals surface area contributed by atoms with E-state index in [1.807, 2.05) is 26.0 Å². The van der Waals surface area contributed by atoms with Crippen molar-refractivity contribution in [3.63, 3.8) is 0 Å². The molecule has 0 atom stereocenters. The Morgan fingerprint density at radius 1 is 1.00 bits per heavy atom. The van der Waals surface area contributed by atoms with Crippen molar-refractivity contribution < 1.29 is 50.2 Å². The van der Waals surface area contributed by atoms with Crippen molar-refractivity contribution >= 4 is 9.05 Å². The summed E-state index contributed by atoms with van der Waals surface area (Å²) < 4.78 is 0. The van der Waals surface area contributed by atoms with E-state index in [9.17, 15) is 0 Å². The summed E-state index contributed by atoms with van der Waals surface area (Å²) in [5.41, 5.74) is 0. The fourth-order valence-corrected chi connectivity index (χ4v) is 0. The maximum atomic E-state index is 7.33. The SMILES string of the molecule is CN(C)C.O[Si](O)(O)O.[H-].[Na+]. The molecule has 0 aromatic carbocycles. The summed E-state index contributed by atoms with van der Waals surface area (Å²) in [5, 5.41) is 0. The standard InChI is InChI=1S/C3H9N.Na.H4O4Si.H/c1-4(2)3;;1-5(2,3)4;/h1-3H3;;1-4H;/q;+1;;-1. The molecular formula is C3H14NNaO4Si. The van der Waals surface area contributed by atoms with E-state index in [1.165, 1.54) is 0 Å². The molecule has 0 radical (unpaired) electrons. The molecule has 0 aromatic rings. The van der Waals surface area contributed by atoms with Crippen LogP contribution in [0.15, 0.2) is 0 Å². The number of hydrogen-bond donors (Lipinski definition) is 4. The van der Waals surface area contributed by atoms with Gasteiger partial charge in [-0.2, -0.15) is 0 Å². The Morgan fingerprint density at radius 2 is 1.00 bits per heavy atom. The topological polar surface area (TPSA) is 84.2 Å². The van der Waals surface area contributed by atoms with Crippen LogP contribution in [0.2, 0.25) is 0 Å². The van der Waals surface area contributed by atoms with Gasteiger partial charge in [0.25, 0.3) is 0 Å². The molecule has 0 saturated carbocycles. The number of rotatable bonds is 0. The van der Waals surface area contributed by atoms with Crippen LogP contribution < -0.4 is 29.6 Å². The second-order valence-corrected chi connectivity index (χ2v) is 3.14. The zero-order valence-electron chi connectivity index (χ0n) is 7.74. The molecule has 0 spiro atoms. The van der Waals surface area contributed by atoms with Crippen molar-refractivity contribution in [2.75, 3.05) is 21.1 Å². The molecule has 0 fully saturated rings. The van der Waals surface area contributed by atoms with Crippen LogP contribution >= 0.6 is 0 Å². The first-order chi connectivity index (χ1) is 3.73. The van der Waals surface area contributed by atoms with Gasteiger partial charge in [-0.05, 0) is 21.1 Å². The van der Waals surface area contributed by atoms with Gasteiger partial charge < -0.3 is 25.5 Å². The Balaban J connectivity index is -0.0000000383. The van der Waals surface area contributed by atoms with Crippen LogP contribution in [0.5, 0.6) is 0 Å². The largest absolute Gasteiger partial charge is 1.00 e. The molecule has 7 heteroatoms. The molecule has 0 bridgehead atoms. The molecule has 0 saturated heterocycles. The molecular weight excluding hydrogens is 165 g/mol. The monoisotopic (exact) mass is 179 g/mol. The van der Waals surface area contributed by atoms with Gasteiger partial charge in [0.2, 0.25) is 0 Å². The maximum absolute atomic E-state index is 7.33. The second-order valence-electron chi connectivity index (χ2n) is 1.94. The minimum absolute atomic E-state index is 0. The third-order valence-electron chi connectivity index (χ3n) is 0. The molecule has 0 amide bonds. The zero-order valence-corrected chi connectivity index (χ0v) is 9.74. The van der Waals surface area contributed by atoms with Crippen LogP contribution in [0.25, 0.3) is 0 Å². The fraction of sp³-hybridized carbons (Fsp3) is 1.00. The fourth-order valence-electron chi connectivity index (χ4n) is 0. The van der Waals surface area contributed by atoms with Crippen molar-refractivity contribution in [3.8, 4) is 0 Å². The van der Waals surface area contributed by atoms with Crippen LogP contribution in [-0.4, -0.2) is 54.3 Å². The van der Waals surface area contributed by atoms with Gasteiger partial charge in [-0.25, -0.2) is 0 Å². The van der Waals surface area contributed by atoms with Crippen molar-refractivity contribution in [1.82, 2.24) is 4.90 Å². The third-order valence-corrected chi connectivity index (χ3v) is 0. The van der Waals surface area contributed by atoms with Gasteiger partial charge in [0.05, 0.1) is 0 Å². The Kier molecular flexibility index (Phi) is 14.0. The minimum Gasteiger partial charge on any atom is -1.00 e. The number of hydrogen-bond acceptors (Lipinski definition) is 5. The summed E-state index contributed by atoms with van der Waals surface area (Å²) in [6.45, 7) is 0. The molecule has 0 aromatic heterocycles. The van der Waals surface area contributed by atoms with Gasteiger partial charge >= 0.3 is 38.6 Å². The van der Waals surface area contributed by atoms with Gasteiger partial charge in [0.15, 0.2) is 0 Å². The third kappa shape index (κ3) is 560. The zero-order chi connectivity index (χ0) is 8.08. The van der Waals surface area contributed by atoms with Crippen LogP contribution in [0.1, 0.15) is 1.43 Å². The first-order valence-corrected chi connectivity index (χ1v) is 4.02. The molecule has 60 valence electrons. The average Bonchev–Trinajstić information content (AvgIpc) is 1.19. The van der Waals surface area contributed by atoms with Crippen molar-refractivity contribution in [2.24, 2.45) is 0 Å². The average molecular weight is 179 g/mol. The van der Waals surface area contributed by atoms with Crippen molar-refractivity contribution in [3.05, 3.63) is 0 Å². The van der Waals surface area contributed by atoms with E-state index >= 15 is 0 Å². The molecule has 0 aliphatic heterocycles. The van der Waals surface area contributed by atoms with Crippen LogP contribution in [0, 0.1) is 0 Å². The van der Waals surface area contributed by atoms with Gasteiger partial charge in [0.1, 0.15) is 0 Å². The van der Waals surface area contributed by atoms with Crippen LogP contribution in [-0.2, 0) is 0 Å². The van der Waals surface area contributed by atoms with Gasteiger partial charge in [-0.3, -0.25) is 0 Å². The first kappa shape index (κ1) is 17.2. The summed E-state index contributed by atoms with van der Waals surface area (Å²) in [6, 6.07) is 0. The van der Waals surface area contributed by atoms with Gasteiger partial charge in [-0.1, -0.05) is 0 Å². The number of nitrogens with zero attached hydrogens (tertiary/aromatic N) is 1. The van der Waals surface area contributed by atoms with Crippen LogP contribution in [0.3, 0.4) is 0 Å². The van der Waals surface area contributed by atoms with E-state index in [-0.39, 0.29) is 31.0 Å². The Bertz CT molecular complexity index is 62.1. The maximum Gasteiger partial charge on any atom is 1.00 e. The van der Waals surface area contributed by atoms with Gasteiger partial charge in [0, 0.05) is 0 Å². The molecule has 5 nitrogen and oxygen atoms in total. The summed E-state index contributed by atoms with van der Waals surface area (Å²) >= 11 is 0. The van der Waals surface area contributed by atoms with Crippen molar-refractivity contribution in [1.29, 1.82) is 0 Å². The van der Waals surface area contributed by atoms with E-state index in [0.717, 1.165) is 0 Å². The minimum atomic E-state index is -4.61. The normalized spacial score (nSPS) is 9.60. The van der Waals surface area contributed by atoms with E-state index in [4.69, 9.17) is 19.2 Å². The van der Waals surface area contributed by atoms with Gasteiger partial charge in [-0.15, -0.1) is 0 Å². The molecule has 0 heterocycles. The molecule has 4 N–H and O–H groups in total. The molecule has 0 rings (SSSR count). The molecule has 10 heavy (non-hydrogen) atoms. The molecule has 0 unspecified atom stereocenters. The summed E-state index contributed by atoms with van der Waals surface area (Å²) in [6.07, 6.45) is 0. The van der Waals surface area contributed by atoms with E-state index < -0.39 is 9.05 Å². The molecule has 0 aliphatic carbocycles. The quantitative estimate of drug-likeness (QED) is 0.279. The van der Waals surface area contributed by atoms with E-state index in [1.54, 1.807) is 0 Å². The summed E-state index contributed by atoms with van der Waals surface area (Å²) in [5.74, 6) is 0. The molecule has 0 aliphatic rings. The predicted molar refractivity (Wildman–Crippen MR) is 35.4 cm³/mol.